The van der Waals surface area contributed by atoms with Gasteiger partial charge in [0, 0.05) is 6.61 Å². The molecule has 0 bridgehead atoms. The molecule has 0 unspecified atom stereocenters. The summed E-state index contributed by atoms with van der Waals surface area (Å²) in [6.07, 6.45) is 0.678. The Balaban J connectivity index is 2.87. The lowest BCUT2D eigenvalue weighted by molar-refractivity contribution is 0.0604. The number of hydrogen-bond acceptors (Lipinski definition) is 4. The molecular formula is C11H16O3S. The topological polar surface area (TPSA) is 46.5 Å². The predicted octanol–water partition coefficient (Wildman–Crippen LogP) is 2.10. The summed E-state index contributed by atoms with van der Waals surface area (Å²) in [7, 11) is 1.38. The molecule has 1 rings (SSSR count). The Morgan fingerprint density at radius 2 is 2.27 bits per heavy atom. The molecular weight excluding hydrogens is 212 g/mol. The molecule has 0 atom stereocenters. The van der Waals surface area contributed by atoms with Crippen molar-refractivity contribution in [2.75, 3.05) is 13.7 Å². The summed E-state index contributed by atoms with van der Waals surface area (Å²) in [5.74, 6) is -0.297. The maximum Gasteiger partial charge on any atom is 0.348 e. The number of esters is 1. The van der Waals surface area contributed by atoms with Crippen LogP contribution in [-0.2, 0) is 11.2 Å². The van der Waals surface area contributed by atoms with Gasteiger partial charge in [-0.1, -0.05) is 13.8 Å². The smallest absolute Gasteiger partial charge is 0.348 e. The summed E-state index contributed by atoms with van der Waals surface area (Å²) in [5, 5.41) is 11.0. The molecule has 0 aromatic carbocycles. The van der Waals surface area contributed by atoms with E-state index in [1.54, 1.807) is 0 Å². The Morgan fingerprint density at radius 1 is 1.60 bits per heavy atom. The number of hydrogen-bond donors (Lipinski definition) is 1. The van der Waals surface area contributed by atoms with Crippen LogP contribution in [0.3, 0.4) is 0 Å². The number of rotatable bonds is 4. The Hall–Kier alpha value is -0.870. The van der Waals surface area contributed by atoms with Gasteiger partial charge < -0.3 is 9.84 Å². The average Bonchev–Trinajstić information content (AvgIpc) is 2.64. The van der Waals surface area contributed by atoms with Gasteiger partial charge in [-0.3, -0.25) is 0 Å². The van der Waals surface area contributed by atoms with E-state index in [1.165, 1.54) is 18.4 Å². The fourth-order valence-corrected chi connectivity index (χ4v) is 2.16. The third kappa shape index (κ3) is 3.04. The van der Waals surface area contributed by atoms with Gasteiger partial charge in [0.15, 0.2) is 0 Å². The highest BCUT2D eigenvalue weighted by molar-refractivity contribution is 7.12. The van der Waals surface area contributed by atoms with E-state index in [1.807, 2.05) is 25.3 Å². The highest BCUT2D eigenvalue weighted by Gasteiger charge is 2.22. The first-order valence-electron chi connectivity index (χ1n) is 4.76. The Labute approximate surface area is 93.7 Å². The molecule has 1 aromatic heterocycles. The van der Waals surface area contributed by atoms with Crippen LogP contribution in [0.15, 0.2) is 11.4 Å². The van der Waals surface area contributed by atoms with Gasteiger partial charge in [0.1, 0.15) is 4.88 Å². The van der Waals surface area contributed by atoms with Crippen molar-refractivity contribution in [2.24, 2.45) is 5.41 Å². The molecule has 0 saturated carbocycles. The Bertz CT molecular complexity index is 341. The maximum atomic E-state index is 11.4. The van der Waals surface area contributed by atoms with Crippen LogP contribution in [0.25, 0.3) is 0 Å². The van der Waals surface area contributed by atoms with Gasteiger partial charge in [0.05, 0.1) is 7.11 Å². The van der Waals surface area contributed by atoms with Gasteiger partial charge in [-0.15, -0.1) is 11.3 Å². The second kappa shape index (κ2) is 4.77. The predicted molar refractivity (Wildman–Crippen MR) is 60.2 cm³/mol. The molecule has 0 fully saturated rings. The van der Waals surface area contributed by atoms with E-state index in [4.69, 9.17) is 9.84 Å². The highest BCUT2D eigenvalue weighted by atomic mass is 32.1. The molecule has 0 spiro atoms. The fourth-order valence-electron chi connectivity index (χ4n) is 1.32. The van der Waals surface area contributed by atoms with Crippen LogP contribution in [0.2, 0.25) is 0 Å². The highest BCUT2D eigenvalue weighted by Crippen LogP contribution is 2.26. The molecule has 1 heterocycles. The molecule has 1 N–H and O–H groups in total. The quantitative estimate of drug-likeness (QED) is 0.803. The lowest BCUT2D eigenvalue weighted by Gasteiger charge is -2.21. The summed E-state index contributed by atoms with van der Waals surface area (Å²) in [5.41, 5.74) is 0.745. The van der Waals surface area contributed by atoms with Crippen LogP contribution in [-0.4, -0.2) is 24.8 Å². The van der Waals surface area contributed by atoms with Gasteiger partial charge in [0.2, 0.25) is 0 Å². The second-order valence-corrected chi connectivity index (χ2v) is 5.18. The van der Waals surface area contributed by atoms with E-state index in [-0.39, 0.29) is 18.0 Å². The lowest BCUT2D eigenvalue weighted by Crippen LogP contribution is -2.20. The summed E-state index contributed by atoms with van der Waals surface area (Å²) in [6.45, 7) is 4.03. The molecule has 15 heavy (non-hydrogen) atoms. The van der Waals surface area contributed by atoms with Crippen LogP contribution >= 0.6 is 11.3 Å². The van der Waals surface area contributed by atoms with Gasteiger partial charge in [0.25, 0.3) is 0 Å². The number of thiophene rings is 1. The normalized spacial score (nSPS) is 11.5. The first-order valence-corrected chi connectivity index (χ1v) is 5.63. The minimum absolute atomic E-state index is 0.101. The van der Waals surface area contributed by atoms with Crippen LogP contribution < -0.4 is 0 Å². The molecule has 0 aliphatic carbocycles. The third-order valence-corrected chi connectivity index (χ3v) is 3.15. The second-order valence-electron chi connectivity index (χ2n) is 4.27. The molecule has 0 radical (unpaired) electrons. The number of aliphatic hydroxyl groups excluding tert-OH is 1. The van der Waals surface area contributed by atoms with Gasteiger partial charge in [-0.05, 0) is 28.8 Å². The fraction of sp³-hybridized carbons (Fsp3) is 0.545. The molecule has 0 amide bonds. The Kier molecular flexibility index (Phi) is 3.88. The van der Waals surface area contributed by atoms with E-state index in [0.717, 1.165) is 5.56 Å². The van der Waals surface area contributed by atoms with Crippen molar-refractivity contribution in [1.29, 1.82) is 0 Å². The van der Waals surface area contributed by atoms with Crippen molar-refractivity contribution < 1.29 is 14.6 Å². The SMILES string of the molecule is COC(=O)c1sccc1CC(C)(C)CO. The largest absolute Gasteiger partial charge is 0.465 e. The molecule has 0 aliphatic rings. The van der Waals surface area contributed by atoms with E-state index in [2.05, 4.69) is 0 Å². The van der Waals surface area contributed by atoms with Crippen molar-refractivity contribution >= 4 is 17.3 Å². The molecule has 3 nitrogen and oxygen atoms in total. The van der Waals surface area contributed by atoms with Crippen LogP contribution in [0, 0.1) is 5.41 Å². The molecule has 84 valence electrons. The monoisotopic (exact) mass is 228 g/mol. The summed E-state index contributed by atoms with van der Waals surface area (Å²) in [4.78, 5) is 12.0. The zero-order valence-electron chi connectivity index (χ0n) is 9.24. The van der Waals surface area contributed by atoms with Crippen LogP contribution in [0.5, 0.6) is 0 Å². The minimum Gasteiger partial charge on any atom is -0.465 e. The number of carbonyl (C=O) groups is 1. The third-order valence-electron chi connectivity index (χ3n) is 2.21. The standard InChI is InChI=1S/C11H16O3S/c1-11(2,7-12)6-8-4-5-15-9(8)10(13)14-3/h4-5,12H,6-7H2,1-3H3. The van der Waals surface area contributed by atoms with Crippen LogP contribution in [0.1, 0.15) is 29.1 Å². The number of aliphatic hydroxyl groups is 1. The first-order chi connectivity index (χ1) is 7.00. The minimum atomic E-state index is -0.297. The van der Waals surface area contributed by atoms with E-state index in [9.17, 15) is 4.79 Å². The summed E-state index contributed by atoms with van der Waals surface area (Å²) >= 11 is 1.38. The van der Waals surface area contributed by atoms with Crippen LogP contribution in [0.4, 0.5) is 0 Å². The van der Waals surface area contributed by atoms with Gasteiger partial charge >= 0.3 is 5.97 Å². The molecule has 4 heteroatoms. The van der Waals surface area contributed by atoms with Gasteiger partial charge in [-0.2, -0.15) is 0 Å². The number of ether oxygens (including phenoxy) is 1. The number of methoxy groups -OCH3 is 1. The van der Waals surface area contributed by atoms with Crippen molar-refractivity contribution in [1.82, 2.24) is 0 Å². The molecule has 0 saturated heterocycles. The first kappa shape index (κ1) is 12.2. The van der Waals surface area contributed by atoms with Gasteiger partial charge in [-0.25, -0.2) is 4.79 Å². The average molecular weight is 228 g/mol. The maximum absolute atomic E-state index is 11.4. The molecule has 0 aliphatic heterocycles. The Morgan fingerprint density at radius 3 is 2.80 bits per heavy atom. The van der Waals surface area contributed by atoms with Crippen molar-refractivity contribution in [2.45, 2.75) is 20.3 Å². The van der Waals surface area contributed by atoms with Crippen molar-refractivity contribution in [3.05, 3.63) is 21.9 Å². The van der Waals surface area contributed by atoms with Crippen molar-refractivity contribution in [3.8, 4) is 0 Å². The zero-order valence-corrected chi connectivity index (χ0v) is 10.1. The van der Waals surface area contributed by atoms with Crippen molar-refractivity contribution in [3.63, 3.8) is 0 Å². The summed E-state index contributed by atoms with van der Waals surface area (Å²) in [6, 6.07) is 1.91. The molecule has 1 aromatic rings. The number of carbonyl (C=O) groups excluding carboxylic acids is 1. The van der Waals surface area contributed by atoms with E-state index >= 15 is 0 Å². The lowest BCUT2D eigenvalue weighted by atomic mass is 9.87. The summed E-state index contributed by atoms with van der Waals surface area (Å²) < 4.78 is 4.69. The zero-order chi connectivity index (χ0) is 11.5. The van der Waals surface area contributed by atoms with E-state index < -0.39 is 0 Å². The van der Waals surface area contributed by atoms with E-state index in [0.29, 0.717) is 11.3 Å².